The van der Waals surface area contributed by atoms with Gasteiger partial charge in [0.05, 0.1) is 6.67 Å². The van der Waals surface area contributed by atoms with Crippen molar-refractivity contribution in [3.8, 4) is 0 Å². The number of rotatable bonds is 1. The molecule has 1 rings (SSSR count). The third-order valence-electron chi connectivity index (χ3n) is 1.34. The topological polar surface area (TPSA) is 6.48 Å². The molecule has 62 valence electrons. The van der Waals surface area contributed by atoms with Crippen LogP contribution in [0.5, 0.6) is 0 Å². The van der Waals surface area contributed by atoms with E-state index in [-0.39, 0.29) is 9.41 Å². The van der Waals surface area contributed by atoms with Gasteiger partial charge in [0, 0.05) is 26.0 Å². The van der Waals surface area contributed by atoms with E-state index in [4.69, 9.17) is 0 Å². The van der Waals surface area contributed by atoms with Crippen LogP contribution in [-0.2, 0) is 0 Å². The van der Waals surface area contributed by atoms with E-state index in [1.165, 1.54) is 0 Å². The van der Waals surface area contributed by atoms with Gasteiger partial charge in [-0.2, -0.15) is 0 Å². The third kappa shape index (κ3) is 2.66. The first-order valence-corrected chi connectivity index (χ1v) is 2.95. The number of hydrogen-bond donors (Lipinski definition) is 0. The first-order valence-electron chi connectivity index (χ1n) is 2.95. The average Bonchev–Trinajstić information content (AvgIpc) is 2.14. The van der Waals surface area contributed by atoms with Crippen LogP contribution >= 0.6 is 0 Å². The van der Waals surface area contributed by atoms with Crippen LogP contribution in [0.25, 0.3) is 0 Å². The molecule has 0 aromatic heterocycles. The normalized spacial score (nSPS) is 14.6. The van der Waals surface area contributed by atoms with Crippen LogP contribution in [0, 0.1) is 0 Å². The van der Waals surface area contributed by atoms with E-state index in [9.17, 15) is 0 Å². The van der Waals surface area contributed by atoms with Gasteiger partial charge < -0.3 is 9.80 Å². The summed E-state index contributed by atoms with van der Waals surface area (Å²) in [4.78, 5) is 4.41. The molecule has 10 heavy (non-hydrogen) atoms. The third-order valence-corrected chi connectivity index (χ3v) is 1.34. The molecule has 0 saturated carbocycles. The van der Waals surface area contributed by atoms with Crippen LogP contribution in [0.4, 0.5) is 9.41 Å². The molecule has 0 aromatic carbocycles. The minimum absolute atomic E-state index is 0. The lowest BCUT2D eigenvalue weighted by Crippen LogP contribution is -2.21. The molecule has 0 radical (unpaired) electrons. The molecule has 4 heteroatoms. The minimum Gasteiger partial charge on any atom is -0.362 e. The molecular formula is C6H14F2N2. The van der Waals surface area contributed by atoms with Crippen molar-refractivity contribution in [3.63, 3.8) is 0 Å². The van der Waals surface area contributed by atoms with E-state index < -0.39 is 0 Å². The van der Waals surface area contributed by atoms with Gasteiger partial charge in [0.2, 0.25) is 0 Å². The molecule has 0 saturated heterocycles. The highest BCUT2D eigenvalue weighted by Gasteiger charge is 2.03. The molecule has 0 amide bonds. The largest absolute Gasteiger partial charge is 0.362 e. The van der Waals surface area contributed by atoms with Crippen molar-refractivity contribution < 1.29 is 9.41 Å². The molecule has 0 aliphatic carbocycles. The Bertz CT molecular complexity index is 106. The fraction of sp³-hybridized carbons (Fsp3) is 0.667. The van der Waals surface area contributed by atoms with Crippen molar-refractivity contribution in [1.82, 2.24) is 9.80 Å². The Kier molecular flexibility index (Phi) is 5.99. The Morgan fingerprint density at radius 3 is 2.10 bits per heavy atom. The zero-order chi connectivity index (χ0) is 5.98. The van der Waals surface area contributed by atoms with Gasteiger partial charge in [-0.15, -0.1) is 0 Å². The van der Waals surface area contributed by atoms with Gasteiger partial charge in [0.1, 0.15) is 0 Å². The van der Waals surface area contributed by atoms with Crippen molar-refractivity contribution in [2.24, 2.45) is 0 Å². The van der Waals surface area contributed by atoms with Crippen molar-refractivity contribution in [2.45, 2.75) is 6.92 Å². The number of hydrogen-bond acceptors (Lipinski definition) is 2. The molecule has 0 N–H and O–H groups in total. The van der Waals surface area contributed by atoms with Crippen molar-refractivity contribution in [1.29, 1.82) is 0 Å². The van der Waals surface area contributed by atoms with Gasteiger partial charge in [-0.25, -0.2) is 0 Å². The molecule has 0 spiro atoms. The Labute approximate surface area is 59.8 Å². The standard InChI is InChI=1S/C6H12N2.2FH/c1-3-8-5-4-7(2)6-8;;/h4-5H,3,6H2,1-2H3;2*1H. The van der Waals surface area contributed by atoms with Crippen LogP contribution in [0.2, 0.25) is 0 Å². The lowest BCUT2D eigenvalue weighted by Gasteiger charge is -2.14. The molecule has 0 unspecified atom stereocenters. The highest BCUT2D eigenvalue weighted by molar-refractivity contribution is 4.87. The van der Waals surface area contributed by atoms with Gasteiger partial charge in [-0.1, -0.05) is 0 Å². The summed E-state index contributed by atoms with van der Waals surface area (Å²) < 4.78 is 0. The SMILES string of the molecule is CCN1C=CN(C)C1.F.F. The van der Waals surface area contributed by atoms with Crippen molar-refractivity contribution in [3.05, 3.63) is 12.4 Å². The Balaban J connectivity index is 0. The second-order valence-corrected chi connectivity index (χ2v) is 2.10. The van der Waals surface area contributed by atoms with Crippen LogP contribution in [0.15, 0.2) is 12.4 Å². The Morgan fingerprint density at radius 1 is 1.30 bits per heavy atom. The summed E-state index contributed by atoms with van der Waals surface area (Å²) in [5.74, 6) is 0. The molecule has 1 aliphatic rings. The number of halogens is 2. The van der Waals surface area contributed by atoms with Gasteiger partial charge in [-0.05, 0) is 6.92 Å². The predicted octanol–water partition coefficient (Wildman–Crippen LogP) is 0.987. The highest BCUT2D eigenvalue weighted by Crippen LogP contribution is 2.00. The maximum atomic E-state index is 2.25. The van der Waals surface area contributed by atoms with Gasteiger partial charge >= 0.3 is 0 Å². The molecule has 0 atom stereocenters. The maximum absolute atomic E-state index is 2.25. The summed E-state index contributed by atoms with van der Waals surface area (Å²) in [7, 11) is 2.08. The summed E-state index contributed by atoms with van der Waals surface area (Å²) in [6.45, 7) is 4.32. The van der Waals surface area contributed by atoms with E-state index >= 15 is 0 Å². The molecular weight excluding hydrogens is 138 g/mol. The van der Waals surface area contributed by atoms with Crippen LogP contribution in [0.3, 0.4) is 0 Å². The smallest absolute Gasteiger partial charge is 0.0890 e. The lowest BCUT2D eigenvalue weighted by atomic mass is 10.6. The lowest BCUT2D eigenvalue weighted by molar-refractivity contribution is 0.308. The first-order chi connectivity index (χ1) is 3.83. The van der Waals surface area contributed by atoms with Crippen LogP contribution in [-0.4, -0.2) is 30.1 Å². The van der Waals surface area contributed by atoms with E-state index in [1.54, 1.807) is 0 Å². The summed E-state index contributed by atoms with van der Waals surface area (Å²) >= 11 is 0. The van der Waals surface area contributed by atoms with E-state index in [0.29, 0.717) is 0 Å². The van der Waals surface area contributed by atoms with E-state index in [1.807, 2.05) is 0 Å². The van der Waals surface area contributed by atoms with Gasteiger partial charge in [-0.3, -0.25) is 9.41 Å². The molecule has 2 nitrogen and oxygen atoms in total. The van der Waals surface area contributed by atoms with Gasteiger partial charge in [0.15, 0.2) is 0 Å². The minimum atomic E-state index is 0. The second kappa shape index (κ2) is 5.02. The summed E-state index contributed by atoms with van der Waals surface area (Å²) in [5, 5.41) is 0. The summed E-state index contributed by atoms with van der Waals surface area (Å²) in [5.41, 5.74) is 0. The van der Waals surface area contributed by atoms with Gasteiger partial charge in [0.25, 0.3) is 0 Å². The van der Waals surface area contributed by atoms with Crippen molar-refractivity contribution in [2.75, 3.05) is 20.3 Å². The maximum Gasteiger partial charge on any atom is 0.0890 e. The Morgan fingerprint density at radius 2 is 1.90 bits per heavy atom. The molecule has 0 fully saturated rings. The monoisotopic (exact) mass is 152 g/mol. The van der Waals surface area contributed by atoms with E-state index in [0.717, 1.165) is 13.2 Å². The molecule has 1 aliphatic heterocycles. The van der Waals surface area contributed by atoms with E-state index in [2.05, 4.69) is 36.2 Å². The second-order valence-electron chi connectivity index (χ2n) is 2.10. The zero-order valence-corrected chi connectivity index (χ0v) is 6.28. The Hall–Kier alpha value is -0.800. The quantitative estimate of drug-likeness (QED) is 0.552. The van der Waals surface area contributed by atoms with Crippen molar-refractivity contribution >= 4 is 0 Å². The first kappa shape index (κ1) is 11.9. The average molecular weight is 152 g/mol. The summed E-state index contributed by atoms with van der Waals surface area (Å²) in [6.07, 6.45) is 4.20. The molecule has 1 heterocycles. The zero-order valence-electron chi connectivity index (χ0n) is 6.28. The highest BCUT2D eigenvalue weighted by atomic mass is 19.0. The molecule has 0 bridgehead atoms. The van der Waals surface area contributed by atoms with Crippen LogP contribution in [0.1, 0.15) is 6.92 Å². The predicted molar refractivity (Wildman–Crippen MR) is 39.2 cm³/mol. The fourth-order valence-electron chi connectivity index (χ4n) is 0.794. The summed E-state index contributed by atoms with van der Waals surface area (Å²) in [6, 6.07) is 0. The number of nitrogens with zero attached hydrogens (tertiary/aromatic N) is 2. The molecule has 0 aromatic rings. The van der Waals surface area contributed by atoms with Crippen LogP contribution < -0.4 is 0 Å². The fourth-order valence-corrected chi connectivity index (χ4v) is 0.794.